The van der Waals surface area contributed by atoms with Gasteiger partial charge in [-0.25, -0.2) is 9.67 Å². The zero-order chi connectivity index (χ0) is 13.5. The third kappa shape index (κ3) is 4.10. The Morgan fingerprint density at radius 3 is 2.83 bits per heavy atom. The van der Waals surface area contributed by atoms with E-state index in [2.05, 4.69) is 40.5 Å². The SMILES string of the molecule is CCN(CCC(=O)OC)Cc1ncnn1C(C)C. The molecule has 102 valence electrons. The van der Waals surface area contributed by atoms with Crippen molar-refractivity contribution in [1.82, 2.24) is 19.7 Å². The third-order valence-corrected chi connectivity index (χ3v) is 2.81. The van der Waals surface area contributed by atoms with Crippen LogP contribution in [0.1, 0.15) is 39.1 Å². The van der Waals surface area contributed by atoms with Crippen molar-refractivity contribution in [3.8, 4) is 0 Å². The summed E-state index contributed by atoms with van der Waals surface area (Å²) in [4.78, 5) is 17.5. The average Bonchev–Trinajstić information content (AvgIpc) is 2.82. The highest BCUT2D eigenvalue weighted by Gasteiger charge is 2.12. The fraction of sp³-hybridized carbons (Fsp3) is 0.750. The van der Waals surface area contributed by atoms with Gasteiger partial charge in [-0.15, -0.1) is 0 Å². The summed E-state index contributed by atoms with van der Waals surface area (Å²) < 4.78 is 6.55. The minimum Gasteiger partial charge on any atom is -0.469 e. The van der Waals surface area contributed by atoms with Crippen molar-refractivity contribution in [3.05, 3.63) is 12.2 Å². The average molecular weight is 254 g/mol. The lowest BCUT2D eigenvalue weighted by Gasteiger charge is -2.20. The molecule has 0 aromatic carbocycles. The van der Waals surface area contributed by atoms with Gasteiger partial charge >= 0.3 is 5.97 Å². The molecule has 0 aliphatic carbocycles. The van der Waals surface area contributed by atoms with E-state index >= 15 is 0 Å². The van der Waals surface area contributed by atoms with Gasteiger partial charge in [0, 0.05) is 12.6 Å². The molecule has 0 bridgehead atoms. The van der Waals surface area contributed by atoms with Crippen LogP contribution < -0.4 is 0 Å². The Labute approximate surface area is 108 Å². The lowest BCUT2D eigenvalue weighted by atomic mass is 10.3. The van der Waals surface area contributed by atoms with E-state index in [9.17, 15) is 4.79 Å². The Morgan fingerprint density at radius 2 is 2.28 bits per heavy atom. The third-order valence-electron chi connectivity index (χ3n) is 2.81. The fourth-order valence-electron chi connectivity index (χ4n) is 1.72. The first-order chi connectivity index (χ1) is 8.58. The fourth-order valence-corrected chi connectivity index (χ4v) is 1.72. The highest BCUT2D eigenvalue weighted by Crippen LogP contribution is 2.08. The lowest BCUT2D eigenvalue weighted by molar-refractivity contribution is -0.141. The molecule has 0 fully saturated rings. The zero-order valence-corrected chi connectivity index (χ0v) is 11.6. The highest BCUT2D eigenvalue weighted by atomic mass is 16.5. The number of hydrogen-bond donors (Lipinski definition) is 0. The molecule has 0 radical (unpaired) electrons. The Hall–Kier alpha value is -1.43. The van der Waals surface area contributed by atoms with Gasteiger partial charge < -0.3 is 4.74 Å². The summed E-state index contributed by atoms with van der Waals surface area (Å²) in [6.07, 6.45) is 1.98. The second kappa shape index (κ2) is 7.10. The molecule has 0 saturated carbocycles. The molecule has 1 rings (SSSR count). The van der Waals surface area contributed by atoms with Crippen LogP contribution in [0.3, 0.4) is 0 Å². The maximum atomic E-state index is 11.1. The maximum Gasteiger partial charge on any atom is 0.306 e. The summed E-state index contributed by atoms with van der Waals surface area (Å²) in [5.41, 5.74) is 0. The molecule has 6 nitrogen and oxygen atoms in total. The molecule has 1 aromatic rings. The van der Waals surface area contributed by atoms with Crippen molar-refractivity contribution >= 4 is 5.97 Å². The molecule has 0 saturated heterocycles. The van der Waals surface area contributed by atoms with Crippen molar-refractivity contribution in [2.45, 2.75) is 39.8 Å². The first-order valence-corrected chi connectivity index (χ1v) is 6.26. The van der Waals surface area contributed by atoms with Gasteiger partial charge in [0.2, 0.25) is 0 Å². The molecule has 18 heavy (non-hydrogen) atoms. The van der Waals surface area contributed by atoms with Gasteiger partial charge in [0.25, 0.3) is 0 Å². The maximum absolute atomic E-state index is 11.1. The van der Waals surface area contributed by atoms with Gasteiger partial charge in [-0.1, -0.05) is 6.92 Å². The molecule has 1 aromatic heterocycles. The number of methoxy groups -OCH3 is 1. The van der Waals surface area contributed by atoms with E-state index in [1.165, 1.54) is 7.11 Å². The molecular formula is C12H22N4O2. The van der Waals surface area contributed by atoms with E-state index in [0.717, 1.165) is 12.4 Å². The van der Waals surface area contributed by atoms with Gasteiger partial charge in [0.15, 0.2) is 0 Å². The number of ether oxygens (including phenoxy) is 1. The zero-order valence-electron chi connectivity index (χ0n) is 11.6. The predicted octanol–water partition coefficient (Wildman–Crippen LogP) is 1.24. The number of rotatable bonds is 7. The molecule has 0 atom stereocenters. The second-order valence-corrected chi connectivity index (χ2v) is 4.41. The summed E-state index contributed by atoms with van der Waals surface area (Å²) in [6, 6.07) is 0.293. The van der Waals surface area contributed by atoms with E-state index in [0.29, 0.717) is 25.6 Å². The number of carbonyl (C=O) groups is 1. The molecule has 1 heterocycles. The summed E-state index contributed by atoms with van der Waals surface area (Å²) in [6.45, 7) is 8.45. The van der Waals surface area contributed by atoms with Crippen LogP contribution in [-0.4, -0.2) is 45.8 Å². The van der Waals surface area contributed by atoms with Gasteiger partial charge in [-0.05, 0) is 20.4 Å². The molecule has 0 amide bonds. The minimum absolute atomic E-state index is 0.182. The van der Waals surface area contributed by atoms with Gasteiger partial charge in [-0.2, -0.15) is 5.10 Å². The monoisotopic (exact) mass is 254 g/mol. The van der Waals surface area contributed by atoms with Gasteiger partial charge in [0.1, 0.15) is 12.2 Å². The van der Waals surface area contributed by atoms with Crippen LogP contribution in [-0.2, 0) is 16.1 Å². The lowest BCUT2D eigenvalue weighted by Crippen LogP contribution is -2.28. The Balaban J connectivity index is 2.57. The Bertz CT molecular complexity index is 376. The standard InChI is InChI=1S/C12H22N4O2/c1-5-15(7-6-12(17)18-4)8-11-13-9-14-16(11)10(2)3/h9-10H,5-8H2,1-4H3. The summed E-state index contributed by atoms with van der Waals surface area (Å²) in [7, 11) is 1.41. The first kappa shape index (κ1) is 14.6. The highest BCUT2D eigenvalue weighted by molar-refractivity contribution is 5.69. The van der Waals surface area contributed by atoms with Gasteiger partial charge in [-0.3, -0.25) is 9.69 Å². The summed E-state index contributed by atoms with van der Waals surface area (Å²) >= 11 is 0. The van der Waals surface area contributed by atoms with E-state index < -0.39 is 0 Å². The van der Waals surface area contributed by atoms with Crippen LogP contribution in [0.15, 0.2) is 6.33 Å². The van der Waals surface area contributed by atoms with Crippen molar-refractivity contribution in [1.29, 1.82) is 0 Å². The van der Waals surface area contributed by atoms with Crippen LogP contribution in [0.25, 0.3) is 0 Å². The number of aromatic nitrogens is 3. The van der Waals surface area contributed by atoms with E-state index in [-0.39, 0.29) is 5.97 Å². The topological polar surface area (TPSA) is 60.3 Å². The Kier molecular flexibility index (Phi) is 5.77. The van der Waals surface area contributed by atoms with E-state index in [1.807, 2.05) is 4.68 Å². The number of nitrogens with zero attached hydrogens (tertiary/aromatic N) is 4. The molecular weight excluding hydrogens is 232 g/mol. The van der Waals surface area contributed by atoms with Gasteiger partial charge in [0.05, 0.1) is 20.1 Å². The largest absolute Gasteiger partial charge is 0.469 e. The molecule has 0 N–H and O–H groups in total. The van der Waals surface area contributed by atoms with Crippen LogP contribution >= 0.6 is 0 Å². The molecule has 0 unspecified atom stereocenters. The molecule has 0 aliphatic heterocycles. The predicted molar refractivity (Wildman–Crippen MR) is 68.0 cm³/mol. The van der Waals surface area contributed by atoms with E-state index in [1.54, 1.807) is 6.33 Å². The number of hydrogen-bond acceptors (Lipinski definition) is 5. The quantitative estimate of drug-likeness (QED) is 0.685. The minimum atomic E-state index is -0.182. The molecule has 0 spiro atoms. The number of carbonyl (C=O) groups excluding carboxylic acids is 1. The van der Waals surface area contributed by atoms with Crippen molar-refractivity contribution in [2.75, 3.05) is 20.2 Å². The normalized spacial score (nSPS) is 11.2. The second-order valence-electron chi connectivity index (χ2n) is 4.41. The van der Waals surface area contributed by atoms with Crippen LogP contribution in [0.5, 0.6) is 0 Å². The smallest absolute Gasteiger partial charge is 0.306 e. The Morgan fingerprint density at radius 1 is 1.56 bits per heavy atom. The van der Waals surface area contributed by atoms with Crippen molar-refractivity contribution in [2.24, 2.45) is 0 Å². The first-order valence-electron chi connectivity index (χ1n) is 6.26. The van der Waals surface area contributed by atoms with Crippen molar-refractivity contribution in [3.63, 3.8) is 0 Å². The molecule has 0 aliphatic rings. The van der Waals surface area contributed by atoms with Crippen LogP contribution in [0.2, 0.25) is 0 Å². The van der Waals surface area contributed by atoms with Crippen molar-refractivity contribution < 1.29 is 9.53 Å². The van der Waals surface area contributed by atoms with Crippen LogP contribution in [0, 0.1) is 0 Å². The van der Waals surface area contributed by atoms with E-state index in [4.69, 9.17) is 0 Å². The number of esters is 1. The summed E-state index contributed by atoms with van der Waals surface area (Å²) in [5, 5.41) is 4.20. The molecule has 6 heteroatoms. The van der Waals surface area contributed by atoms with Crippen LogP contribution in [0.4, 0.5) is 0 Å². The summed E-state index contributed by atoms with van der Waals surface area (Å²) in [5.74, 6) is 0.746.